The molecule has 1 atom stereocenters. The molecule has 0 spiro atoms. The Balaban J connectivity index is 2.34. The summed E-state index contributed by atoms with van der Waals surface area (Å²) in [6, 6.07) is 6.31. The van der Waals surface area contributed by atoms with Gasteiger partial charge >= 0.3 is 0 Å². The average molecular weight is 372 g/mol. The van der Waals surface area contributed by atoms with Crippen molar-refractivity contribution < 1.29 is 0 Å². The van der Waals surface area contributed by atoms with Crippen LogP contribution in [0.4, 0.5) is 0 Å². The second-order valence-corrected chi connectivity index (χ2v) is 6.92. The summed E-state index contributed by atoms with van der Waals surface area (Å²) in [7, 11) is 0. The molecular formula is C17H24BrClN2. The van der Waals surface area contributed by atoms with E-state index in [1.165, 1.54) is 31.2 Å². The van der Waals surface area contributed by atoms with Gasteiger partial charge in [0.25, 0.3) is 0 Å². The lowest BCUT2D eigenvalue weighted by molar-refractivity contribution is 0.390. The molecule has 1 aromatic carbocycles. The molecule has 1 aromatic heterocycles. The zero-order valence-electron chi connectivity index (χ0n) is 12.9. The number of alkyl halides is 1. The van der Waals surface area contributed by atoms with E-state index in [1.807, 2.05) is 0 Å². The Hall–Kier alpha value is -0.540. The molecule has 0 aliphatic carbocycles. The molecular weight excluding hydrogens is 348 g/mol. The number of benzene rings is 1. The lowest BCUT2D eigenvalue weighted by Crippen LogP contribution is -2.13. The SMILES string of the molecule is CCCCC(CC)Cn1c(CCCl)nc2ccc(Br)cc21. The highest BCUT2D eigenvalue weighted by atomic mass is 79.9. The Morgan fingerprint density at radius 3 is 2.81 bits per heavy atom. The van der Waals surface area contributed by atoms with Crippen LogP contribution in [0.1, 0.15) is 45.4 Å². The molecule has 0 amide bonds. The highest BCUT2D eigenvalue weighted by molar-refractivity contribution is 9.10. The fourth-order valence-corrected chi connectivity index (χ4v) is 3.32. The van der Waals surface area contributed by atoms with Crippen LogP contribution in [0, 0.1) is 5.92 Å². The van der Waals surface area contributed by atoms with Gasteiger partial charge in [0.2, 0.25) is 0 Å². The zero-order chi connectivity index (χ0) is 15.2. The van der Waals surface area contributed by atoms with Gasteiger partial charge in [0.15, 0.2) is 0 Å². The maximum atomic E-state index is 5.96. The van der Waals surface area contributed by atoms with Crippen LogP contribution in [0.25, 0.3) is 11.0 Å². The van der Waals surface area contributed by atoms with Gasteiger partial charge in [0, 0.05) is 23.3 Å². The molecule has 1 heterocycles. The van der Waals surface area contributed by atoms with Crippen molar-refractivity contribution >= 4 is 38.6 Å². The summed E-state index contributed by atoms with van der Waals surface area (Å²) in [6.45, 7) is 5.60. The molecule has 0 saturated carbocycles. The van der Waals surface area contributed by atoms with E-state index in [0.29, 0.717) is 5.88 Å². The number of nitrogens with zero attached hydrogens (tertiary/aromatic N) is 2. The minimum Gasteiger partial charge on any atom is -0.328 e. The summed E-state index contributed by atoms with van der Waals surface area (Å²) in [5, 5.41) is 0. The van der Waals surface area contributed by atoms with Gasteiger partial charge in [-0.05, 0) is 30.5 Å². The van der Waals surface area contributed by atoms with E-state index in [1.54, 1.807) is 0 Å². The van der Waals surface area contributed by atoms with E-state index in [-0.39, 0.29) is 0 Å². The van der Waals surface area contributed by atoms with E-state index in [4.69, 9.17) is 16.6 Å². The quantitative estimate of drug-likeness (QED) is 0.536. The monoisotopic (exact) mass is 370 g/mol. The number of unbranched alkanes of at least 4 members (excludes halogenated alkanes) is 1. The molecule has 2 aromatic rings. The smallest absolute Gasteiger partial charge is 0.111 e. The Bertz CT molecular complexity index is 579. The fraction of sp³-hybridized carbons (Fsp3) is 0.588. The molecule has 1 unspecified atom stereocenters. The van der Waals surface area contributed by atoms with Crippen molar-refractivity contribution in [3.8, 4) is 0 Å². The van der Waals surface area contributed by atoms with Crippen LogP contribution in [0.2, 0.25) is 0 Å². The van der Waals surface area contributed by atoms with E-state index in [9.17, 15) is 0 Å². The number of hydrogen-bond acceptors (Lipinski definition) is 1. The third kappa shape index (κ3) is 4.23. The molecule has 116 valence electrons. The van der Waals surface area contributed by atoms with Crippen molar-refractivity contribution in [3.05, 3.63) is 28.5 Å². The van der Waals surface area contributed by atoms with Crippen molar-refractivity contribution in [3.63, 3.8) is 0 Å². The van der Waals surface area contributed by atoms with Crippen molar-refractivity contribution in [2.45, 2.75) is 52.5 Å². The van der Waals surface area contributed by atoms with Gasteiger partial charge in [-0.3, -0.25) is 0 Å². The number of aromatic nitrogens is 2. The second-order valence-electron chi connectivity index (χ2n) is 5.63. The first kappa shape index (κ1) is 16.8. The molecule has 4 heteroatoms. The normalized spacial score (nSPS) is 13.0. The number of fused-ring (bicyclic) bond motifs is 1. The third-order valence-electron chi connectivity index (χ3n) is 4.09. The lowest BCUT2D eigenvalue weighted by Gasteiger charge is -2.17. The number of halogens is 2. The Morgan fingerprint density at radius 2 is 2.14 bits per heavy atom. The van der Waals surface area contributed by atoms with Crippen LogP contribution in [-0.4, -0.2) is 15.4 Å². The standard InChI is InChI=1S/C17H24BrClN2/c1-3-5-6-13(4-2)12-21-16-11-14(18)7-8-15(16)20-17(21)9-10-19/h7-8,11,13H,3-6,9-10,12H2,1-2H3. The maximum absolute atomic E-state index is 5.96. The van der Waals surface area contributed by atoms with E-state index in [0.717, 1.165) is 34.7 Å². The van der Waals surface area contributed by atoms with Crippen molar-refractivity contribution in [2.24, 2.45) is 5.92 Å². The summed E-state index contributed by atoms with van der Waals surface area (Å²) < 4.78 is 3.49. The number of imidazole rings is 1. The first-order valence-corrected chi connectivity index (χ1v) is 9.22. The van der Waals surface area contributed by atoms with Crippen LogP contribution < -0.4 is 0 Å². The van der Waals surface area contributed by atoms with Gasteiger partial charge in [-0.1, -0.05) is 49.0 Å². The van der Waals surface area contributed by atoms with E-state index >= 15 is 0 Å². The molecule has 0 saturated heterocycles. The molecule has 0 N–H and O–H groups in total. The lowest BCUT2D eigenvalue weighted by atomic mass is 9.99. The topological polar surface area (TPSA) is 17.8 Å². The Morgan fingerprint density at radius 1 is 1.33 bits per heavy atom. The predicted molar refractivity (Wildman–Crippen MR) is 95.2 cm³/mol. The third-order valence-corrected chi connectivity index (χ3v) is 4.77. The van der Waals surface area contributed by atoms with E-state index in [2.05, 4.69) is 52.5 Å². The molecule has 0 aliphatic heterocycles. The van der Waals surface area contributed by atoms with Crippen LogP contribution in [0.5, 0.6) is 0 Å². The van der Waals surface area contributed by atoms with Crippen LogP contribution in [0.3, 0.4) is 0 Å². The van der Waals surface area contributed by atoms with Gasteiger partial charge in [-0.2, -0.15) is 0 Å². The van der Waals surface area contributed by atoms with Crippen molar-refractivity contribution in [1.29, 1.82) is 0 Å². The summed E-state index contributed by atoms with van der Waals surface area (Å²) in [5.41, 5.74) is 2.29. The van der Waals surface area contributed by atoms with Crippen molar-refractivity contribution in [2.75, 3.05) is 5.88 Å². The average Bonchev–Trinajstić information content (AvgIpc) is 2.81. The molecule has 0 radical (unpaired) electrons. The predicted octanol–water partition coefficient (Wildman–Crippen LogP) is 5.80. The minimum absolute atomic E-state index is 0.621. The number of hydrogen-bond donors (Lipinski definition) is 0. The summed E-state index contributed by atoms with van der Waals surface area (Å²) in [4.78, 5) is 4.77. The summed E-state index contributed by atoms with van der Waals surface area (Å²) in [5.74, 6) is 2.46. The maximum Gasteiger partial charge on any atom is 0.111 e. The largest absolute Gasteiger partial charge is 0.328 e. The highest BCUT2D eigenvalue weighted by Gasteiger charge is 2.14. The summed E-state index contributed by atoms with van der Waals surface area (Å²) >= 11 is 9.53. The molecule has 21 heavy (non-hydrogen) atoms. The molecule has 0 aliphatic rings. The van der Waals surface area contributed by atoms with Gasteiger partial charge in [0.05, 0.1) is 11.0 Å². The number of rotatable bonds is 8. The van der Waals surface area contributed by atoms with Gasteiger partial charge in [0.1, 0.15) is 5.82 Å². The fourth-order valence-electron chi connectivity index (χ4n) is 2.80. The molecule has 0 bridgehead atoms. The molecule has 2 rings (SSSR count). The number of aryl methyl sites for hydroxylation is 1. The van der Waals surface area contributed by atoms with E-state index < -0.39 is 0 Å². The van der Waals surface area contributed by atoms with Crippen LogP contribution in [-0.2, 0) is 13.0 Å². The van der Waals surface area contributed by atoms with Gasteiger partial charge < -0.3 is 4.57 Å². The van der Waals surface area contributed by atoms with Crippen LogP contribution >= 0.6 is 27.5 Å². The Kier molecular flexibility index (Phi) is 6.56. The molecule has 0 fully saturated rings. The van der Waals surface area contributed by atoms with Crippen LogP contribution in [0.15, 0.2) is 22.7 Å². The van der Waals surface area contributed by atoms with Gasteiger partial charge in [-0.25, -0.2) is 4.98 Å². The second kappa shape index (κ2) is 8.19. The minimum atomic E-state index is 0.621. The highest BCUT2D eigenvalue weighted by Crippen LogP contribution is 2.25. The first-order valence-electron chi connectivity index (χ1n) is 7.90. The summed E-state index contributed by atoms with van der Waals surface area (Å²) in [6.07, 6.45) is 5.91. The molecule has 2 nitrogen and oxygen atoms in total. The first-order chi connectivity index (χ1) is 10.2. The van der Waals surface area contributed by atoms with Crippen molar-refractivity contribution in [1.82, 2.24) is 9.55 Å². The zero-order valence-corrected chi connectivity index (χ0v) is 15.3. The Labute approximate surface area is 141 Å². The van der Waals surface area contributed by atoms with Gasteiger partial charge in [-0.15, -0.1) is 11.6 Å².